The molecular formula is C29H26ClFN2O5S. The SMILES string of the molecule is CN(Cc1ccc(C(=O)O)cc1)C(=O)C(F)(C1CCc2c([nH]c3ccc(Cl)cc23)C1)S(=O)(=O)c1ccccc1. The van der Waals surface area contributed by atoms with Crippen LogP contribution >= 0.6 is 11.6 Å². The summed E-state index contributed by atoms with van der Waals surface area (Å²) in [6, 6.07) is 18.4. The van der Waals surface area contributed by atoms with E-state index >= 15 is 4.39 Å². The predicted molar refractivity (Wildman–Crippen MR) is 146 cm³/mol. The van der Waals surface area contributed by atoms with Gasteiger partial charge >= 0.3 is 5.97 Å². The van der Waals surface area contributed by atoms with Crippen molar-refractivity contribution in [3.63, 3.8) is 0 Å². The van der Waals surface area contributed by atoms with E-state index in [1.54, 1.807) is 12.1 Å². The number of aromatic nitrogens is 1. The molecule has 0 spiro atoms. The van der Waals surface area contributed by atoms with Crippen LogP contribution in [0.25, 0.3) is 10.9 Å². The van der Waals surface area contributed by atoms with E-state index < -0.39 is 32.6 Å². The summed E-state index contributed by atoms with van der Waals surface area (Å²) in [5, 5.41) is 7.36. The summed E-state index contributed by atoms with van der Waals surface area (Å²) in [6.07, 6.45) is 0.545. The van der Waals surface area contributed by atoms with E-state index in [0.29, 0.717) is 22.7 Å². The number of alkyl halides is 1. The summed E-state index contributed by atoms with van der Waals surface area (Å²) in [5.74, 6) is -3.41. The zero-order chi connectivity index (χ0) is 27.9. The molecule has 0 saturated carbocycles. The summed E-state index contributed by atoms with van der Waals surface area (Å²) >= 11 is 6.18. The third-order valence-electron chi connectivity index (χ3n) is 7.38. The average Bonchev–Trinajstić information content (AvgIpc) is 3.29. The Bertz CT molecular complexity index is 1670. The fourth-order valence-electron chi connectivity index (χ4n) is 5.36. The number of carboxylic acids is 1. The fraction of sp³-hybridized carbons (Fsp3) is 0.241. The molecule has 2 N–H and O–H groups in total. The molecular weight excluding hydrogens is 543 g/mol. The van der Waals surface area contributed by atoms with Crippen molar-refractivity contribution in [1.29, 1.82) is 0 Å². The van der Waals surface area contributed by atoms with Crippen LogP contribution in [0.4, 0.5) is 4.39 Å². The molecule has 3 aromatic carbocycles. The Morgan fingerprint density at radius 2 is 1.79 bits per heavy atom. The standard InChI is InChI=1S/C29H26ClFN2O5S/c1-33(17-18-7-9-19(10-8-18)27(34)35)28(36)29(31,39(37,38)22-5-3-2-4-6-22)20-11-13-23-24-16-21(30)12-14-25(24)32-26(23)15-20/h2-10,12,14,16,20,32H,11,13,15,17H2,1H3,(H,34,35). The number of nitrogens with one attached hydrogen (secondary N) is 1. The Balaban J connectivity index is 1.53. The monoisotopic (exact) mass is 568 g/mol. The number of fused-ring (bicyclic) bond motifs is 3. The summed E-state index contributed by atoms with van der Waals surface area (Å²) in [5.41, 5.74) is 3.05. The summed E-state index contributed by atoms with van der Waals surface area (Å²) in [7, 11) is -3.42. The van der Waals surface area contributed by atoms with Gasteiger partial charge in [0, 0.05) is 41.1 Å². The second-order valence-electron chi connectivity index (χ2n) is 9.84. The molecule has 39 heavy (non-hydrogen) atoms. The van der Waals surface area contributed by atoms with E-state index in [1.165, 1.54) is 55.6 Å². The number of halogens is 2. The van der Waals surface area contributed by atoms with Gasteiger partial charge < -0.3 is 15.0 Å². The molecule has 0 radical (unpaired) electrons. The molecule has 1 aliphatic rings. The number of aryl methyl sites for hydroxylation is 1. The number of hydrogen-bond donors (Lipinski definition) is 2. The molecule has 4 aromatic rings. The lowest BCUT2D eigenvalue weighted by atomic mass is 9.83. The first-order valence-electron chi connectivity index (χ1n) is 12.4. The Kier molecular flexibility index (Phi) is 6.99. The van der Waals surface area contributed by atoms with E-state index in [2.05, 4.69) is 4.98 Å². The Labute approximate surface area is 230 Å². The molecule has 2 unspecified atom stereocenters. The van der Waals surface area contributed by atoms with Crippen LogP contribution in [0, 0.1) is 5.92 Å². The summed E-state index contributed by atoms with van der Waals surface area (Å²) in [4.78, 5) is 29.1. The van der Waals surface area contributed by atoms with Crippen LogP contribution < -0.4 is 0 Å². The number of amides is 1. The Morgan fingerprint density at radius 3 is 2.46 bits per heavy atom. The molecule has 1 amide bonds. The molecule has 1 aromatic heterocycles. The number of carbonyl (C=O) groups excluding carboxylic acids is 1. The van der Waals surface area contributed by atoms with Crippen LogP contribution in [0.3, 0.4) is 0 Å². The normalized spacial score (nSPS) is 16.8. The smallest absolute Gasteiger partial charge is 0.335 e. The fourth-order valence-corrected chi connectivity index (χ4v) is 7.41. The van der Waals surface area contributed by atoms with Crippen molar-refractivity contribution in [2.24, 2.45) is 5.92 Å². The van der Waals surface area contributed by atoms with Gasteiger partial charge in [0.1, 0.15) is 0 Å². The van der Waals surface area contributed by atoms with Crippen LogP contribution in [-0.2, 0) is 34.0 Å². The number of nitrogens with zero attached hydrogens (tertiary/aromatic N) is 1. The minimum absolute atomic E-state index is 0.0249. The van der Waals surface area contributed by atoms with Gasteiger partial charge in [0.15, 0.2) is 0 Å². The van der Waals surface area contributed by atoms with Crippen LogP contribution in [0.5, 0.6) is 0 Å². The van der Waals surface area contributed by atoms with Gasteiger partial charge in [-0.15, -0.1) is 0 Å². The highest BCUT2D eigenvalue weighted by Crippen LogP contribution is 2.44. The van der Waals surface area contributed by atoms with Crippen molar-refractivity contribution < 1.29 is 27.5 Å². The highest BCUT2D eigenvalue weighted by molar-refractivity contribution is 7.93. The molecule has 10 heteroatoms. The first-order chi connectivity index (χ1) is 18.5. The Morgan fingerprint density at radius 1 is 1.10 bits per heavy atom. The number of hydrogen-bond acceptors (Lipinski definition) is 4. The zero-order valence-electron chi connectivity index (χ0n) is 21.0. The van der Waals surface area contributed by atoms with E-state index in [1.807, 2.05) is 12.1 Å². The van der Waals surface area contributed by atoms with Crippen molar-refractivity contribution in [3.05, 3.63) is 100 Å². The van der Waals surface area contributed by atoms with Crippen molar-refractivity contribution in [2.45, 2.75) is 35.7 Å². The molecule has 1 aliphatic carbocycles. The average molecular weight is 569 g/mol. The molecule has 1 heterocycles. The highest BCUT2D eigenvalue weighted by Gasteiger charge is 2.59. The molecule has 5 rings (SSSR count). The maximum Gasteiger partial charge on any atom is 0.335 e. The van der Waals surface area contributed by atoms with Crippen molar-refractivity contribution in [2.75, 3.05) is 7.05 Å². The zero-order valence-corrected chi connectivity index (χ0v) is 22.6. The topological polar surface area (TPSA) is 108 Å². The number of H-pyrrole nitrogens is 1. The van der Waals surface area contributed by atoms with Gasteiger partial charge in [-0.05, 0) is 72.9 Å². The molecule has 2 atom stereocenters. The first kappa shape index (κ1) is 26.9. The number of rotatable bonds is 7. The van der Waals surface area contributed by atoms with Crippen LogP contribution in [0.1, 0.15) is 33.6 Å². The summed E-state index contributed by atoms with van der Waals surface area (Å²) in [6.45, 7) is -0.0996. The molecule has 0 aliphatic heterocycles. The molecule has 7 nitrogen and oxygen atoms in total. The van der Waals surface area contributed by atoms with Gasteiger partial charge in [-0.25, -0.2) is 17.6 Å². The number of aromatic amines is 1. The second-order valence-corrected chi connectivity index (χ2v) is 12.3. The van der Waals surface area contributed by atoms with E-state index in [0.717, 1.165) is 21.4 Å². The maximum atomic E-state index is 17.4. The second kappa shape index (κ2) is 10.1. The molecule has 0 bridgehead atoms. The lowest BCUT2D eigenvalue weighted by Crippen LogP contribution is -2.55. The number of benzene rings is 3. The quantitative estimate of drug-likeness (QED) is 0.309. The molecule has 0 fully saturated rings. The van der Waals surface area contributed by atoms with Crippen LogP contribution in [0.15, 0.2) is 77.7 Å². The number of sulfone groups is 1. The molecule has 0 saturated heterocycles. The maximum absolute atomic E-state index is 17.4. The predicted octanol–water partition coefficient (Wildman–Crippen LogP) is 5.42. The van der Waals surface area contributed by atoms with Gasteiger partial charge in [-0.2, -0.15) is 0 Å². The van der Waals surface area contributed by atoms with Crippen molar-refractivity contribution >= 4 is 44.2 Å². The highest BCUT2D eigenvalue weighted by atomic mass is 35.5. The summed E-state index contributed by atoms with van der Waals surface area (Å²) < 4.78 is 45.1. The van der Waals surface area contributed by atoms with Gasteiger partial charge in [0.2, 0.25) is 9.84 Å². The lowest BCUT2D eigenvalue weighted by Gasteiger charge is -2.37. The third kappa shape index (κ3) is 4.70. The first-order valence-corrected chi connectivity index (χ1v) is 14.2. The van der Waals surface area contributed by atoms with Gasteiger partial charge in [-0.3, -0.25) is 4.79 Å². The molecule has 202 valence electrons. The lowest BCUT2D eigenvalue weighted by molar-refractivity contribution is -0.141. The van der Waals surface area contributed by atoms with Gasteiger partial charge in [-0.1, -0.05) is 41.9 Å². The third-order valence-corrected chi connectivity index (χ3v) is 9.80. The van der Waals surface area contributed by atoms with Crippen molar-refractivity contribution in [3.8, 4) is 0 Å². The van der Waals surface area contributed by atoms with E-state index in [9.17, 15) is 18.0 Å². The van der Waals surface area contributed by atoms with Crippen LogP contribution in [0.2, 0.25) is 5.02 Å². The van der Waals surface area contributed by atoms with Crippen molar-refractivity contribution in [1.82, 2.24) is 9.88 Å². The number of aromatic carboxylic acids is 1. The minimum Gasteiger partial charge on any atom is -0.478 e. The van der Waals surface area contributed by atoms with Gasteiger partial charge in [0.05, 0.1) is 10.5 Å². The van der Waals surface area contributed by atoms with Crippen LogP contribution in [-0.4, -0.2) is 47.3 Å². The van der Waals surface area contributed by atoms with E-state index in [-0.39, 0.29) is 29.8 Å². The largest absolute Gasteiger partial charge is 0.478 e. The Hall–Kier alpha value is -3.69. The van der Waals surface area contributed by atoms with Gasteiger partial charge in [0.25, 0.3) is 10.9 Å². The minimum atomic E-state index is -4.76. The van der Waals surface area contributed by atoms with E-state index in [4.69, 9.17) is 16.7 Å². The number of carbonyl (C=O) groups is 2. The number of carboxylic acid groups (broad SMARTS) is 1.